The second kappa shape index (κ2) is 6.97. The highest BCUT2D eigenvalue weighted by Gasteiger charge is 2.14. The van der Waals surface area contributed by atoms with Gasteiger partial charge in [-0.15, -0.1) is 5.10 Å². The Morgan fingerprint density at radius 3 is 2.88 bits per heavy atom. The van der Waals surface area contributed by atoms with Crippen LogP contribution < -0.4 is 5.32 Å². The second-order valence-electron chi connectivity index (χ2n) is 6.05. The number of nitrogens with zero attached hydrogens (tertiary/aromatic N) is 4. The van der Waals surface area contributed by atoms with Crippen LogP contribution in [0.3, 0.4) is 0 Å². The molecule has 0 unspecified atom stereocenters. The zero-order valence-electron chi connectivity index (χ0n) is 13.6. The van der Waals surface area contributed by atoms with E-state index in [2.05, 4.69) is 20.4 Å². The molecule has 3 aromatic heterocycles. The molecule has 1 saturated carbocycles. The predicted octanol–water partition coefficient (Wildman–Crippen LogP) is 3.16. The van der Waals surface area contributed by atoms with Crippen LogP contribution in [0.5, 0.6) is 0 Å². The summed E-state index contributed by atoms with van der Waals surface area (Å²) in [5.74, 6) is 0.813. The van der Waals surface area contributed by atoms with E-state index in [1.165, 1.54) is 25.7 Å². The van der Waals surface area contributed by atoms with Crippen LogP contribution in [-0.4, -0.2) is 38.8 Å². The Balaban J connectivity index is 1.44. The van der Waals surface area contributed by atoms with Gasteiger partial charge in [-0.25, -0.2) is 9.50 Å². The second-order valence-corrected chi connectivity index (χ2v) is 6.05. The molecule has 6 heteroatoms. The Morgan fingerprint density at radius 1 is 1.12 bits per heavy atom. The number of anilines is 1. The first-order valence-corrected chi connectivity index (χ1v) is 8.52. The minimum absolute atomic E-state index is 0.451. The van der Waals surface area contributed by atoms with Crippen molar-refractivity contribution in [2.75, 3.05) is 18.5 Å². The van der Waals surface area contributed by atoms with Gasteiger partial charge in [0.2, 0.25) is 0 Å². The third-order valence-electron chi connectivity index (χ3n) is 4.35. The third kappa shape index (κ3) is 3.23. The maximum absolute atomic E-state index is 5.87. The lowest BCUT2D eigenvalue weighted by Crippen LogP contribution is -2.16. The number of rotatable bonds is 6. The fraction of sp³-hybridized carbons (Fsp3) is 0.389. The lowest BCUT2D eigenvalue weighted by Gasteiger charge is -2.12. The molecule has 0 radical (unpaired) electrons. The molecule has 0 amide bonds. The lowest BCUT2D eigenvalue weighted by atomic mass is 10.3. The van der Waals surface area contributed by atoms with Crippen molar-refractivity contribution in [2.45, 2.75) is 31.8 Å². The molecule has 1 aliphatic rings. The summed E-state index contributed by atoms with van der Waals surface area (Å²) in [5.41, 5.74) is 2.55. The van der Waals surface area contributed by atoms with Gasteiger partial charge in [0.05, 0.1) is 24.6 Å². The molecule has 0 saturated heterocycles. The first kappa shape index (κ1) is 15.1. The third-order valence-corrected chi connectivity index (χ3v) is 4.35. The molecular weight excluding hydrogens is 302 g/mol. The van der Waals surface area contributed by atoms with Gasteiger partial charge in [0, 0.05) is 12.7 Å². The molecule has 4 rings (SSSR count). The van der Waals surface area contributed by atoms with Crippen molar-refractivity contribution in [1.82, 2.24) is 19.6 Å². The number of hydrogen-bond acceptors (Lipinski definition) is 5. The molecule has 0 atom stereocenters. The van der Waals surface area contributed by atoms with Crippen molar-refractivity contribution < 1.29 is 4.74 Å². The molecule has 0 spiro atoms. The van der Waals surface area contributed by atoms with Gasteiger partial charge in [0.1, 0.15) is 11.5 Å². The summed E-state index contributed by atoms with van der Waals surface area (Å²) in [4.78, 5) is 8.77. The quantitative estimate of drug-likeness (QED) is 0.706. The Hall–Kier alpha value is -2.47. The van der Waals surface area contributed by atoms with Gasteiger partial charge >= 0.3 is 0 Å². The topological polar surface area (TPSA) is 64.3 Å². The van der Waals surface area contributed by atoms with Crippen LogP contribution in [0.25, 0.3) is 17.0 Å². The first-order valence-electron chi connectivity index (χ1n) is 8.52. The van der Waals surface area contributed by atoms with Gasteiger partial charge in [-0.05, 0) is 37.1 Å². The van der Waals surface area contributed by atoms with E-state index in [0.29, 0.717) is 12.7 Å². The van der Waals surface area contributed by atoms with Crippen molar-refractivity contribution in [2.24, 2.45) is 0 Å². The zero-order chi connectivity index (χ0) is 16.2. The minimum Gasteiger partial charge on any atom is -0.376 e. The molecule has 0 aliphatic heterocycles. The molecule has 24 heavy (non-hydrogen) atoms. The van der Waals surface area contributed by atoms with Gasteiger partial charge in [-0.2, -0.15) is 0 Å². The first-order chi connectivity index (χ1) is 11.9. The minimum atomic E-state index is 0.451. The summed E-state index contributed by atoms with van der Waals surface area (Å²) in [7, 11) is 0. The number of fused-ring (bicyclic) bond motifs is 1. The van der Waals surface area contributed by atoms with E-state index in [1.54, 1.807) is 12.4 Å². The van der Waals surface area contributed by atoms with Gasteiger partial charge in [0.15, 0.2) is 5.65 Å². The van der Waals surface area contributed by atoms with Crippen LogP contribution in [0.2, 0.25) is 0 Å². The maximum atomic E-state index is 5.87. The molecule has 0 bridgehead atoms. The fourth-order valence-electron chi connectivity index (χ4n) is 3.12. The van der Waals surface area contributed by atoms with E-state index in [1.807, 2.05) is 34.8 Å². The van der Waals surface area contributed by atoms with Crippen LogP contribution in [0.4, 0.5) is 5.82 Å². The van der Waals surface area contributed by atoms with Crippen LogP contribution >= 0.6 is 0 Å². The Morgan fingerprint density at radius 2 is 2.04 bits per heavy atom. The molecule has 0 aromatic carbocycles. The summed E-state index contributed by atoms with van der Waals surface area (Å²) in [6, 6.07) is 9.72. The SMILES string of the molecule is c1ccc(-c2cnc3ccc(NCCOC4CCCC4)nn23)nc1. The Kier molecular flexibility index (Phi) is 4.38. The average Bonchev–Trinajstić information content (AvgIpc) is 3.29. The highest BCUT2D eigenvalue weighted by molar-refractivity contribution is 5.59. The van der Waals surface area contributed by atoms with E-state index in [-0.39, 0.29) is 0 Å². The van der Waals surface area contributed by atoms with Crippen molar-refractivity contribution in [1.29, 1.82) is 0 Å². The highest BCUT2D eigenvalue weighted by atomic mass is 16.5. The molecular formula is C18H21N5O. The largest absolute Gasteiger partial charge is 0.376 e. The standard InChI is InChI=1S/C18H21N5O/c1-2-6-14(5-1)24-12-11-20-17-8-9-18-21-13-16(23(18)22-17)15-7-3-4-10-19-15/h3-4,7-10,13-14H,1-2,5-6,11-12H2,(H,20,22). The average molecular weight is 323 g/mol. The zero-order valence-corrected chi connectivity index (χ0v) is 13.6. The molecule has 124 valence electrons. The van der Waals surface area contributed by atoms with Crippen molar-refractivity contribution in [3.63, 3.8) is 0 Å². The molecule has 1 N–H and O–H groups in total. The molecule has 3 aromatic rings. The van der Waals surface area contributed by atoms with Crippen LogP contribution in [-0.2, 0) is 4.74 Å². The number of ether oxygens (including phenoxy) is 1. The van der Waals surface area contributed by atoms with E-state index in [0.717, 1.165) is 29.4 Å². The summed E-state index contributed by atoms with van der Waals surface area (Å²) in [6.07, 6.45) is 9.03. The molecule has 1 fully saturated rings. The van der Waals surface area contributed by atoms with Crippen LogP contribution in [0.1, 0.15) is 25.7 Å². The van der Waals surface area contributed by atoms with Crippen molar-refractivity contribution in [3.8, 4) is 11.4 Å². The van der Waals surface area contributed by atoms with E-state index >= 15 is 0 Å². The van der Waals surface area contributed by atoms with Crippen LogP contribution in [0, 0.1) is 0 Å². The van der Waals surface area contributed by atoms with E-state index in [9.17, 15) is 0 Å². The maximum Gasteiger partial charge on any atom is 0.154 e. The smallest absolute Gasteiger partial charge is 0.154 e. The lowest BCUT2D eigenvalue weighted by molar-refractivity contribution is 0.0658. The van der Waals surface area contributed by atoms with E-state index < -0.39 is 0 Å². The summed E-state index contributed by atoms with van der Waals surface area (Å²) in [6.45, 7) is 1.46. The predicted molar refractivity (Wildman–Crippen MR) is 92.9 cm³/mol. The van der Waals surface area contributed by atoms with E-state index in [4.69, 9.17) is 4.74 Å². The Bertz CT molecular complexity index is 796. The Labute approximate surface area is 140 Å². The van der Waals surface area contributed by atoms with Gasteiger partial charge in [-0.1, -0.05) is 18.9 Å². The number of hydrogen-bond donors (Lipinski definition) is 1. The number of pyridine rings is 1. The summed E-state index contributed by atoms with van der Waals surface area (Å²) in [5, 5.41) is 7.95. The summed E-state index contributed by atoms with van der Waals surface area (Å²) < 4.78 is 7.69. The monoisotopic (exact) mass is 323 g/mol. The van der Waals surface area contributed by atoms with Gasteiger partial charge < -0.3 is 10.1 Å². The number of nitrogens with one attached hydrogen (secondary N) is 1. The van der Waals surface area contributed by atoms with Crippen molar-refractivity contribution >= 4 is 11.5 Å². The molecule has 6 nitrogen and oxygen atoms in total. The van der Waals surface area contributed by atoms with Gasteiger partial charge in [-0.3, -0.25) is 4.98 Å². The summed E-state index contributed by atoms with van der Waals surface area (Å²) >= 11 is 0. The fourth-order valence-corrected chi connectivity index (χ4v) is 3.12. The van der Waals surface area contributed by atoms with Crippen LogP contribution in [0.15, 0.2) is 42.7 Å². The highest BCUT2D eigenvalue weighted by Crippen LogP contribution is 2.21. The van der Waals surface area contributed by atoms with Crippen molar-refractivity contribution in [3.05, 3.63) is 42.7 Å². The number of aromatic nitrogens is 4. The van der Waals surface area contributed by atoms with Gasteiger partial charge in [0.25, 0.3) is 0 Å². The number of imidazole rings is 1. The molecule has 3 heterocycles. The normalized spacial score (nSPS) is 15.2. The molecule has 1 aliphatic carbocycles.